The first-order valence-corrected chi connectivity index (χ1v) is 11.1. The lowest BCUT2D eigenvalue weighted by Gasteiger charge is -2.19. The Bertz CT molecular complexity index is 1210. The van der Waals surface area contributed by atoms with Gasteiger partial charge in [0.2, 0.25) is 12.2 Å². The zero-order valence-corrected chi connectivity index (χ0v) is 19.5. The van der Waals surface area contributed by atoms with Crippen molar-refractivity contribution >= 4 is 34.4 Å². The first-order chi connectivity index (χ1) is 15.8. The van der Waals surface area contributed by atoms with Gasteiger partial charge in [-0.15, -0.1) is 4.68 Å². The minimum atomic E-state index is -0.316. The average molecular weight is 452 g/mol. The molecule has 1 aliphatic heterocycles. The van der Waals surface area contributed by atoms with Crippen LogP contribution < -0.4 is 21.0 Å². The van der Waals surface area contributed by atoms with Crippen molar-refractivity contribution in [2.75, 3.05) is 38.2 Å². The van der Waals surface area contributed by atoms with Gasteiger partial charge in [-0.3, -0.25) is 9.59 Å². The van der Waals surface area contributed by atoms with Crippen LogP contribution in [0.1, 0.15) is 46.1 Å². The number of nitrogens with one attached hydrogen (secondary N) is 3. The van der Waals surface area contributed by atoms with Crippen molar-refractivity contribution < 1.29 is 14.3 Å². The molecule has 1 fully saturated rings. The largest absolute Gasteiger partial charge is 0.383 e. The molecule has 0 bridgehead atoms. The number of aromatic nitrogens is 4. The fraction of sp³-hybridized carbons (Fsp3) is 0.435. The molecule has 0 saturated carbocycles. The molecule has 174 valence electrons. The van der Waals surface area contributed by atoms with E-state index >= 15 is 0 Å². The molecule has 10 heteroatoms. The summed E-state index contributed by atoms with van der Waals surface area (Å²) < 4.78 is 1.92. The molecule has 3 heterocycles. The van der Waals surface area contributed by atoms with Crippen LogP contribution in [-0.4, -0.2) is 59.0 Å². The summed E-state index contributed by atoms with van der Waals surface area (Å²) in [6.07, 6.45) is 3.75. The second-order valence-corrected chi connectivity index (χ2v) is 8.76. The number of carbonyl (C=O) groups is 2. The van der Waals surface area contributed by atoms with Crippen LogP contribution in [0.4, 0.5) is 11.5 Å². The van der Waals surface area contributed by atoms with Gasteiger partial charge in [0.05, 0.1) is 6.42 Å². The predicted molar refractivity (Wildman–Crippen MR) is 126 cm³/mol. The van der Waals surface area contributed by atoms with Crippen LogP contribution >= 0.6 is 0 Å². The maximum Gasteiger partial charge on any atom is 0.357 e. The molecule has 10 nitrogen and oxygen atoms in total. The number of carbonyl (C=O) groups excluding carboxylic acids is 2. The Balaban J connectivity index is 1.66. The lowest BCUT2D eigenvalue weighted by atomic mass is 9.98. The van der Waals surface area contributed by atoms with E-state index in [0.29, 0.717) is 28.8 Å². The van der Waals surface area contributed by atoms with Crippen molar-refractivity contribution in [3.63, 3.8) is 0 Å². The summed E-state index contributed by atoms with van der Waals surface area (Å²) in [5.41, 5.74) is 10.6. The van der Waals surface area contributed by atoms with Gasteiger partial charge in [0.15, 0.2) is 5.69 Å². The molecule has 0 spiro atoms. The summed E-state index contributed by atoms with van der Waals surface area (Å²) in [4.78, 5) is 35.6. The monoisotopic (exact) mass is 451 g/mol. The van der Waals surface area contributed by atoms with Crippen LogP contribution in [0.3, 0.4) is 0 Å². The molecule has 33 heavy (non-hydrogen) atoms. The van der Waals surface area contributed by atoms with E-state index in [1.54, 1.807) is 19.0 Å². The molecule has 5 N–H and O–H groups in total. The number of rotatable bonds is 5. The molecule has 1 aliphatic rings. The first-order valence-electron chi connectivity index (χ1n) is 11.1. The van der Waals surface area contributed by atoms with Crippen LogP contribution in [0.15, 0.2) is 18.5 Å². The van der Waals surface area contributed by atoms with E-state index in [-0.39, 0.29) is 23.7 Å². The number of hydrogen-bond donors (Lipinski definition) is 4. The third kappa shape index (κ3) is 4.38. The minimum absolute atomic E-state index is 0.0318. The summed E-state index contributed by atoms with van der Waals surface area (Å²) in [6, 6.07) is 3.87. The van der Waals surface area contributed by atoms with E-state index in [2.05, 4.69) is 25.7 Å². The second-order valence-electron chi connectivity index (χ2n) is 8.76. The second kappa shape index (κ2) is 9.14. The number of fused-ring (bicyclic) bond motifs is 1. The molecule has 1 saturated heterocycles. The highest BCUT2D eigenvalue weighted by Crippen LogP contribution is 2.26. The van der Waals surface area contributed by atoms with Crippen molar-refractivity contribution in [2.24, 2.45) is 0 Å². The Morgan fingerprint density at radius 2 is 2.03 bits per heavy atom. The fourth-order valence-electron chi connectivity index (χ4n) is 4.23. The van der Waals surface area contributed by atoms with E-state index in [1.165, 1.54) is 6.33 Å². The van der Waals surface area contributed by atoms with Crippen molar-refractivity contribution in [2.45, 2.75) is 39.2 Å². The van der Waals surface area contributed by atoms with Gasteiger partial charge < -0.3 is 21.3 Å². The highest BCUT2D eigenvalue weighted by atomic mass is 16.2. The van der Waals surface area contributed by atoms with Gasteiger partial charge in [0.1, 0.15) is 17.2 Å². The normalized spacial score (nSPS) is 16.1. The average Bonchev–Trinajstić information content (AvgIpc) is 3.20. The maximum absolute atomic E-state index is 13.3. The Hall–Kier alpha value is -3.53. The fourth-order valence-corrected chi connectivity index (χ4v) is 4.23. The van der Waals surface area contributed by atoms with Gasteiger partial charge in [-0.05, 0) is 61.0 Å². The molecule has 0 radical (unpaired) electrons. The Morgan fingerprint density at radius 1 is 1.24 bits per heavy atom. The molecule has 4 rings (SSSR count). The number of hydrogen-bond acceptors (Lipinski definition) is 6. The number of piperidine rings is 1. The number of anilines is 2. The number of likely N-dealkylation sites (N-methyl/N-ethyl adjacent to an activating group) is 1. The Morgan fingerprint density at radius 3 is 2.73 bits per heavy atom. The SMILES string of the molecule is Cc1c(CC(=O)N(C)C)ccc(NC(=O)c2[nH][n+]([C@@H]3CCCNC3)c3ncnc(N)c23)c1C. The standard InChI is InChI=1S/C23H30N8O2/c1-13-14(2)17(8-7-15(13)10-18(32)30(3)4)28-23(33)20-19-21(24)26-12-27-22(19)31(29-20)16-6-5-9-25-11-16/h7-8,12,16,25H,5-6,9-11H2,1-4H3,(H3,24,26,27,28,29,33)/p+1/t16-/m1/s1. The third-order valence-corrected chi connectivity index (χ3v) is 6.42. The Labute approximate surface area is 192 Å². The van der Waals surface area contributed by atoms with Crippen LogP contribution in [0, 0.1) is 13.8 Å². The van der Waals surface area contributed by atoms with Crippen molar-refractivity contribution in [1.29, 1.82) is 0 Å². The van der Waals surface area contributed by atoms with Gasteiger partial charge in [0.25, 0.3) is 5.91 Å². The van der Waals surface area contributed by atoms with Crippen LogP contribution in [0.2, 0.25) is 0 Å². The molecular formula is C23H31N8O2+. The van der Waals surface area contributed by atoms with E-state index in [9.17, 15) is 9.59 Å². The quantitative estimate of drug-likeness (QED) is 0.432. The lowest BCUT2D eigenvalue weighted by molar-refractivity contribution is -0.753. The number of nitrogens with zero attached hydrogens (tertiary/aromatic N) is 4. The van der Waals surface area contributed by atoms with Gasteiger partial charge in [0, 0.05) is 26.3 Å². The number of benzene rings is 1. The van der Waals surface area contributed by atoms with Crippen LogP contribution in [0.5, 0.6) is 0 Å². The molecule has 0 unspecified atom stereocenters. The summed E-state index contributed by atoms with van der Waals surface area (Å²) in [6.45, 7) is 5.67. The van der Waals surface area contributed by atoms with E-state index in [1.807, 2.05) is 30.7 Å². The van der Waals surface area contributed by atoms with E-state index in [0.717, 1.165) is 42.6 Å². The van der Waals surface area contributed by atoms with E-state index in [4.69, 9.17) is 5.73 Å². The topological polar surface area (TPSA) is 133 Å². The zero-order valence-electron chi connectivity index (χ0n) is 19.5. The molecule has 0 aliphatic carbocycles. The van der Waals surface area contributed by atoms with Crippen LogP contribution in [-0.2, 0) is 11.2 Å². The number of H-pyrrole nitrogens is 1. The third-order valence-electron chi connectivity index (χ3n) is 6.42. The van der Waals surface area contributed by atoms with Gasteiger partial charge in [-0.1, -0.05) is 6.07 Å². The minimum Gasteiger partial charge on any atom is -0.383 e. The number of nitrogen functional groups attached to an aromatic ring is 1. The van der Waals surface area contributed by atoms with Crippen molar-refractivity contribution in [1.82, 2.24) is 25.3 Å². The van der Waals surface area contributed by atoms with Crippen molar-refractivity contribution in [3.05, 3.63) is 40.8 Å². The predicted octanol–water partition coefficient (Wildman–Crippen LogP) is 1.25. The van der Waals surface area contributed by atoms with Gasteiger partial charge in [-0.25, -0.2) is 5.10 Å². The van der Waals surface area contributed by atoms with Crippen molar-refractivity contribution in [3.8, 4) is 0 Å². The number of nitrogens with two attached hydrogens (primary N) is 1. The molecule has 1 aromatic carbocycles. The lowest BCUT2D eigenvalue weighted by Crippen LogP contribution is -2.49. The summed E-state index contributed by atoms with van der Waals surface area (Å²) >= 11 is 0. The smallest absolute Gasteiger partial charge is 0.357 e. The number of aromatic amines is 1. The molecule has 1 atom stereocenters. The van der Waals surface area contributed by atoms with Crippen LogP contribution in [0.25, 0.3) is 11.0 Å². The summed E-state index contributed by atoms with van der Waals surface area (Å²) in [7, 11) is 3.48. The zero-order chi connectivity index (χ0) is 23.7. The number of amides is 2. The summed E-state index contributed by atoms with van der Waals surface area (Å²) in [5, 5.41) is 10.1. The first kappa shape index (κ1) is 22.7. The van der Waals surface area contributed by atoms with E-state index < -0.39 is 0 Å². The van der Waals surface area contributed by atoms with Gasteiger partial charge >= 0.3 is 5.65 Å². The highest BCUT2D eigenvalue weighted by Gasteiger charge is 2.31. The molecule has 3 aromatic rings. The summed E-state index contributed by atoms with van der Waals surface area (Å²) in [5.74, 6) is -0.0256. The Kier molecular flexibility index (Phi) is 6.28. The van der Waals surface area contributed by atoms with Gasteiger partial charge in [-0.2, -0.15) is 4.98 Å². The highest BCUT2D eigenvalue weighted by molar-refractivity contribution is 6.12. The maximum atomic E-state index is 13.3. The molecular weight excluding hydrogens is 420 g/mol. The molecule has 2 amide bonds. The molecule has 2 aromatic heterocycles.